The molecule has 4 aromatic rings. The zero-order chi connectivity index (χ0) is 30.1. The summed E-state index contributed by atoms with van der Waals surface area (Å²) in [5, 5.41) is 2.85. The van der Waals surface area contributed by atoms with Gasteiger partial charge >= 0.3 is 0 Å². The fourth-order valence-electron chi connectivity index (χ4n) is 5.23. The Balaban J connectivity index is 1.39. The molecule has 1 N–H and O–H groups in total. The average molecular weight is 580 g/mol. The Labute approximate surface area is 246 Å². The lowest BCUT2D eigenvalue weighted by atomic mass is 10.0. The molecule has 4 aromatic carbocycles. The van der Waals surface area contributed by atoms with Gasteiger partial charge in [-0.2, -0.15) is 0 Å². The molecule has 1 atom stereocenters. The van der Waals surface area contributed by atoms with Gasteiger partial charge in [0.25, 0.3) is 17.6 Å². The van der Waals surface area contributed by atoms with Gasteiger partial charge in [-0.15, -0.1) is 0 Å². The maximum absolute atomic E-state index is 14.2. The van der Waals surface area contributed by atoms with E-state index in [0.717, 1.165) is 16.0 Å². The van der Waals surface area contributed by atoms with Crippen molar-refractivity contribution in [1.82, 2.24) is 4.90 Å². The fraction of sp³-hybridized carbons (Fsp3) is 0.152. The number of benzene rings is 4. The molecule has 2 heterocycles. The van der Waals surface area contributed by atoms with Crippen LogP contribution >= 0.6 is 0 Å². The normalized spacial score (nSPS) is 14.0. The molecule has 6 rings (SSSR count). The lowest BCUT2D eigenvalue weighted by molar-refractivity contribution is -0.139. The minimum atomic E-state index is -1.23. The maximum atomic E-state index is 14.2. The number of nitrogens with one attached hydrogen (secondary N) is 1. The van der Waals surface area contributed by atoms with Crippen molar-refractivity contribution in [2.24, 2.45) is 0 Å². The first kappa shape index (κ1) is 27.6. The molecule has 0 fully saturated rings. The van der Waals surface area contributed by atoms with E-state index in [2.05, 4.69) is 5.32 Å². The van der Waals surface area contributed by atoms with E-state index in [1.54, 1.807) is 36.4 Å². The molecule has 216 valence electrons. The van der Waals surface area contributed by atoms with Crippen molar-refractivity contribution in [2.75, 3.05) is 23.6 Å². The largest absolute Gasteiger partial charge is 0.454 e. The summed E-state index contributed by atoms with van der Waals surface area (Å²) in [7, 11) is 0. The summed E-state index contributed by atoms with van der Waals surface area (Å²) in [5.41, 5.74) is 2.94. The fourth-order valence-corrected chi connectivity index (χ4v) is 5.23. The van der Waals surface area contributed by atoms with Gasteiger partial charge in [0.1, 0.15) is 18.4 Å². The van der Waals surface area contributed by atoms with Crippen LogP contribution in [0.1, 0.15) is 33.1 Å². The third-order valence-electron chi connectivity index (χ3n) is 7.48. The van der Waals surface area contributed by atoms with E-state index in [9.17, 15) is 23.6 Å². The summed E-state index contributed by atoms with van der Waals surface area (Å²) in [6.07, 6.45) is 0. The molecule has 0 saturated heterocycles. The second-order valence-electron chi connectivity index (χ2n) is 10.2. The van der Waals surface area contributed by atoms with Crippen molar-refractivity contribution in [2.45, 2.75) is 19.5 Å². The van der Waals surface area contributed by atoms with Crippen LogP contribution in [0.25, 0.3) is 0 Å². The molecule has 0 aromatic heterocycles. The highest BCUT2D eigenvalue weighted by Gasteiger charge is 2.39. The molecule has 0 aliphatic carbocycles. The molecule has 43 heavy (non-hydrogen) atoms. The van der Waals surface area contributed by atoms with Gasteiger partial charge in [-0.1, -0.05) is 48.5 Å². The van der Waals surface area contributed by atoms with E-state index in [1.807, 2.05) is 31.2 Å². The molecule has 9 nitrogen and oxygen atoms in total. The number of amides is 3. The average Bonchev–Trinajstić information content (AvgIpc) is 3.57. The Morgan fingerprint density at radius 1 is 0.930 bits per heavy atom. The van der Waals surface area contributed by atoms with Crippen LogP contribution < -0.4 is 19.7 Å². The van der Waals surface area contributed by atoms with E-state index in [4.69, 9.17) is 9.47 Å². The highest BCUT2D eigenvalue weighted by molar-refractivity contribution is 6.52. The number of fused-ring (bicyclic) bond motifs is 2. The van der Waals surface area contributed by atoms with Gasteiger partial charge in [0.15, 0.2) is 11.5 Å². The molecule has 3 amide bonds. The van der Waals surface area contributed by atoms with Gasteiger partial charge in [-0.05, 0) is 60.0 Å². The van der Waals surface area contributed by atoms with Crippen LogP contribution in [0.3, 0.4) is 0 Å². The van der Waals surface area contributed by atoms with Gasteiger partial charge in [-0.25, -0.2) is 4.39 Å². The summed E-state index contributed by atoms with van der Waals surface area (Å²) in [5.74, 6) is -2.20. The monoisotopic (exact) mass is 579 g/mol. The summed E-state index contributed by atoms with van der Waals surface area (Å²) in [4.78, 5) is 56.3. The van der Waals surface area contributed by atoms with Gasteiger partial charge in [-0.3, -0.25) is 24.1 Å². The minimum absolute atomic E-state index is 0.000265. The highest BCUT2D eigenvalue weighted by Crippen LogP contribution is 2.35. The minimum Gasteiger partial charge on any atom is -0.454 e. The molecule has 2 aliphatic rings. The van der Waals surface area contributed by atoms with Crippen molar-refractivity contribution >= 4 is 34.9 Å². The molecule has 2 aliphatic heterocycles. The van der Waals surface area contributed by atoms with E-state index in [1.165, 1.54) is 35.2 Å². The second-order valence-corrected chi connectivity index (χ2v) is 10.2. The van der Waals surface area contributed by atoms with Gasteiger partial charge < -0.3 is 19.7 Å². The molecule has 0 spiro atoms. The predicted molar refractivity (Wildman–Crippen MR) is 155 cm³/mol. The Hall–Kier alpha value is -5.51. The number of hydrogen-bond donors (Lipinski definition) is 1. The molecule has 10 heteroatoms. The number of carbonyl (C=O) groups excluding carboxylic acids is 4. The van der Waals surface area contributed by atoms with Crippen LogP contribution in [0.4, 0.5) is 15.8 Å². The molecule has 0 bridgehead atoms. The van der Waals surface area contributed by atoms with Crippen LogP contribution in [-0.4, -0.2) is 41.7 Å². The molecular weight excluding hydrogens is 553 g/mol. The summed E-state index contributed by atoms with van der Waals surface area (Å²) >= 11 is 0. The maximum Gasteiger partial charge on any atom is 0.299 e. The zero-order valence-corrected chi connectivity index (χ0v) is 23.1. The Kier molecular flexibility index (Phi) is 7.33. The van der Waals surface area contributed by atoms with Crippen molar-refractivity contribution in [3.63, 3.8) is 0 Å². The summed E-state index contributed by atoms with van der Waals surface area (Å²) in [6, 6.07) is 22.9. The number of para-hydroxylation sites is 1. The first-order valence-electron chi connectivity index (χ1n) is 13.6. The number of hydrogen-bond acceptors (Lipinski definition) is 6. The van der Waals surface area contributed by atoms with Gasteiger partial charge in [0, 0.05) is 18.3 Å². The van der Waals surface area contributed by atoms with Crippen LogP contribution in [0.15, 0.2) is 91.0 Å². The number of nitrogens with zero attached hydrogens (tertiary/aromatic N) is 2. The Morgan fingerprint density at radius 2 is 1.65 bits per heavy atom. The molecular formula is C33H26FN3O6. The number of ether oxygens (including phenoxy) is 2. The van der Waals surface area contributed by atoms with Gasteiger partial charge in [0.2, 0.25) is 12.7 Å². The van der Waals surface area contributed by atoms with Crippen LogP contribution in [0, 0.1) is 12.7 Å². The van der Waals surface area contributed by atoms with E-state index in [0.29, 0.717) is 28.4 Å². The lowest BCUT2D eigenvalue weighted by Gasteiger charge is -2.33. The third-order valence-corrected chi connectivity index (χ3v) is 7.48. The Bertz CT molecular complexity index is 1760. The summed E-state index contributed by atoms with van der Waals surface area (Å²) < 4.78 is 24.8. The number of halogens is 1. The predicted octanol–water partition coefficient (Wildman–Crippen LogP) is 4.80. The smallest absolute Gasteiger partial charge is 0.299 e. The van der Waals surface area contributed by atoms with Crippen molar-refractivity contribution < 1.29 is 33.0 Å². The topological polar surface area (TPSA) is 105 Å². The summed E-state index contributed by atoms with van der Waals surface area (Å²) in [6.45, 7) is 1.46. The number of ketones is 1. The number of rotatable bonds is 8. The Morgan fingerprint density at radius 3 is 2.44 bits per heavy atom. The van der Waals surface area contributed by atoms with E-state index in [-0.39, 0.29) is 18.9 Å². The first-order valence-corrected chi connectivity index (χ1v) is 13.6. The highest BCUT2D eigenvalue weighted by atomic mass is 19.1. The number of carbonyl (C=O) groups is 4. The first-order chi connectivity index (χ1) is 20.8. The van der Waals surface area contributed by atoms with Gasteiger partial charge in [0.05, 0.1) is 11.3 Å². The molecule has 0 saturated carbocycles. The quantitative estimate of drug-likeness (QED) is 0.301. The van der Waals surface area contributed by atoms with Crippen molar-refractivity contribution in [1.29, 1.82) is 0 Å². The van der Waals surface area contributed by atoms with E-state index < -0.39 is 41.9 Å². The SMILES string of the molecule is Cc1ccccc1CN(C(=O)CN1C(=O)C(=O)c2ccccc21)[C@@H](C(=O)Nc1ccc2c(c1)OCO2)c1ccc(F)cc1. The number of anilines is 2. The number of aryl methyl sites for hydroxylation is 1. The van der Waals surface area contributed by atoms with Crippen LogP contribution in [0.2, 0.25) is 0 Å². The van der Waals surface area contributed by atoms with Crippen molar-refractivity contribution in [3.05, 3.63) is 119 Å². The second kappa shape index (κ2) is 11.4. The van der Waals surface area contributed by atoms with Crippen LogP contribution in [0.5, 0.6) is 11.5 Å². The zero-order valence-electron chi connectivity index (χ0n) is 23.1. The van der Waals surface area contributed by atoms with E-state index >= 15 is 0 Å². The third kappa shape index (κ3) is 5.42. The lowest BCUT2D eigenvalue weighted by Crippen LogP contribution is -2.46. The molecule has 0 unspecified atom stereocenters. The number of Topliss-reactive ketones (excluding diaryl/α,β-unsaturated/α-hetero) is 1. The molecule has 0 radical (unpaired) electrons. The van der Waals surface area contributed by atoms with Crippen molar-refractivity contribution in [3.8, 4) is 11.5 Å². The van der Waals surface area contributed by atoms with Crippen LogP contribution in [-0.2, 0) is 20.9 Å². The standard InChI is InChI=1S/C33H26FN3O6/c1-20-6-2-3-7-22(20)17-37(29(38)18-36-26-9-5-4-8-25(26)31(39)33(36)41)30(21-10-12-23(34)13-11-21)32(40)35-24-14-15-27-28(16-24)43-19-42-27/h2-16,30H,17-19H2,1H3,(H,35,40)/t30-/m1/s1.